The van der Waals surface area contributed by atoms with E-state index in [9.17, 15) is 15.3 Å². The molecule has 0 aliphatic rings. The first-order chi connectivity index (χ1) is 16.7. The van der Waals surface area contributed by atoms with E-state index < -0.39 is 0 Å². The number of phenols is 3. The van der Waals surface area contributed by atoms with Gasteiger partial charge in [0, 0.05) is 18.3 Å². The molecule has 0 amide bonds. The van der Waals surface area contributed by atoms with Crippen molar-refractivity contribution in [1.82, 2.24) is 0 Å². The number of para-hydroxylation sites is 1. The SMILES string of the molecule is Cc1ccc(O)c(C[N-]CC(C)(CN=Cc2cccc(C)c2O)C[N-]Cc2cc(C)ccc2O)c1.[Fe+5]. The third kappa shape index (κ3) is 8.38. The van der Waals surface area contributed by atoms with Crippen molar-refractivity contribution in [1.29, 1.82) is 0 Å². The summed E-state index contributed by atoms with van der Waals surface area (Å²) in [6.07, 6.45) is 1.69. The van der Waals surface area contributed by atoms with Crippen molar-refractivity contribution in [3.05, 3.63) is 98.6 Å². The minimum absolute atomic E-state index is 0. The second kappa shape index (κ2) is 13.5. The third-order valence-electron chi connectivity index (χ3n) is 5.99. The van der Waals surface area contributed by atoms with E-state index in [1.165, 1.54) is 0 Å². The van der Waals surface area contributed by atoms with Crippen molar-refractivity contribution in [3.63, 3.8) is 0 Å². The van der Waals surface area contributed by atoms with Crippen molar-refractivity contribution in [2.24, 2.45) is 10.4 Å². The van der Waals surface area contributed by atoms with Crippen LogP contribution in [0.1, 0.15) is 40.3 Å². The number of aromatic hydroxyl groups is 3. The molecule has 3 rings (SSSR count). The molecule has 0 fully saturated rings. The number of hydrogen-bond donors (Lipinski definition) is 3. The summed E-state index contributed by atoms with van der Waals surface area (Å²) in [6, 6.07) is 16.6. The first-order valence-corrected chi connectivity index (χ1v) is 11.8. The molecule has 3 N–H and O–H groups in total. The van der Waals surface area contributed by atoms with Crippen molar-refractivity contribution in [2.75, 3.05) is 19.6 Å². The van der Waals surface area contributed by atoms with Crippen molar-refractivity contribution < 1.29 is 32.4 Å². The molecule has 0 saturated heterocycles. The summed E-state index contributed by atoms with van der Waals surface area (Å²) >= 11 is 0. The summed E-state index contributed by atoms with van der Waals surface area (Å²) in [5.41, 5.74) is 4.85. The maximum Gasteiger partial charge on any atom is 5.00 e. The Labute approximate surface area is 225 Å². The van der Waals surface area contributed by atoms with Crippen LogP contribution in [-0.4, -0.2) is 41.2 Å². The molecular formula is C29H35FeN3O3+3. The molecule has 36 heavy (non-hydrogen) atoms. The van der Waals surface area contributed by atoms with Crippen LogP contribution in [0.2, 0.25) is 0 Å². The Balaban J connectivity index is 0.00000456. The average molecular weight is 529 g/mol. The number of benzene rings is 3. The monoisotopic (exact) mass is 529 g/mol. The van der Waals surface area contributed by atoms with Crippen LogP contribution in [-0.2, 0) is 30.2 Å². The molecule has 0 saturated carbocycles. The first-order valence-electron chi connectivity index (χ1n) is 11.8. The zero-order valence-electron chi connectivity index (χ0n) is 21.3. The smallest absolute Gasteiger partial charge is 0.658 e. The molecule has 189 valence electrons. The Morgan fingerprint density at radius 3 is 1.86 bits per heavy atom. The van der Waals surface area contributed by atoms with Crippen molar-refractivity contribution in [3.8, 4) is 17.2 Å². The van der Waals surface area contributed by atoms with E-state index >= 15 is 0 Å². The Kier molecular flexibility index (Phi) is 11.0. The number of aryl methyl sites for hydroxylation is 3. The number of aliphatic imine (C=N–C) groups is 1. The quantitative estimate of drug-likeness (QED) is 0.201. The fourth-order valence-corrected chi connectivity index (χ4v) is 3.87. The van der Waals surface area contributed by atoms with Gasteiger partial charge in [-0.15, -0.1) is 26.2 Å². The maximum atomic E-state index is 10.3. The zero-order chi connectivity index (χ0) is 25.4. The third-order valence-corrected chi connectivity index (χ3v) is 5.99. The summed E-state index contributed by atoms with van der Waals surface area (Å²) in [7, 11) is 0. The molecule has 0 spiro atoms. The standard InChI is InChI=1S/C29H35N3O3.Fe/c1-20-8-10-26(33)24(12-20)15-31-18-29(4,17-30-14-23-7-5-6-22(3)28(23)35)19-32-16-25-13-21(2)9-11-27(25)34;/h5-14,33-35H,15-19H2,1-4H3;/q-2;+5. The van der Waals surface area contributed by atoms with Gasteiger partial charge in [0.1, 0.15) is 17.2 Å². The molecule has 0 aliphatic carbocycles. The van der Waals surface area contributed by atoms with Crippen LogP contribution in [0.25, 0.3) is 10.6 Å². The van der Waals surface area contributed by atoms with Gasteiger partial charge in [0.15, 0.2) is 0 Å². The second-order valence-electron chi connectivity index (χ2n) is 9.64. The molecular weight excluding hydrogens is 494 g/mol. The molecule has 0 atom stereocenters. The molecule has 3 aromatic carbocycles. The Morgan fingerprint density at radius 1 is 0.806 bits per heavy atom. The largest absolute Gasteiger partial charge is 5.00 e. The van der Waals surface area contributed by atoms with Gasteiger partial charge in [0.25, 0.3) is 0 Å². The Hall–Kier alpha value is -2.83. The van der Waals surface area contributed by atoms with Gasteiger partial charge < -0.3 is 26.0 Å². The van der Waals surface area contributed by atoms with E-state index in [-0.39, 0.29) is 39.7 Å². The van der Waals surface area contributed by atoms with E-state index in [2.05, 4.69) is 11.9 Å². The van der Waals surface area contributed by atoms with Crippen molar-refractivity contribution >= 4 is 6.21 Å². The molecule has 0 aromatic heterocycles. The number of hydrogen-bond acceptors (Lipinski definition) is 4. The van der Waals surface area contributed by atoms with Crippen LogP contribution in [0.5, 0.6) is 17.2 Å². The maximum absolute atomic E-state index is 10.3. The fraction of sp³-hybridized carbons (Fsp3) is 0.345. The summed E-state index contributed by atoms with van der Waals surface area (Å²) in [5.74, 6) is 0.722. The van der Waals surface area contributed by atoms with E-state index in [1.54, 1.807) is 18.3 Å². The van der Waals surface area contributed by atoms with Gasteiger partial charge in [-0.05, 0) is 55.7 Å². The van der Waals surface area contributed by atoms with Crippen LogP contribution >= 0.6 is 0 Å². The summed E-state index contributed by atoms with van der Waals surface area (Å²) in [4.78, 5) is 4.63. The predicted octanol–water partition coefficient (Wildman–Crippen LogP) is 6.30. The zero-order valence-corrected chi connectivity index (χ0v) is 22.5. The van der Waals surface area contributed by atoms with Crippen LogP contribution < -0.4 is 0 Å². The van der Waals surface area contributed by atoms with Gasteiger partial charge in [-0.3, -0.25) is 4.99 Å². The summed E-state index contributed by atoms with van der Waals surface area (Å²) in [6.45, 7) is 10.2. The van der Waals surface area contributed by atoms with Gasteiger partial charge in [-0.2, -0.15) is 0 Å². The first kappa shape index (κ1) is 29.4. The predicted molar refractivity (Wildman–Crippen MR) is 143 cm³/mol. The molecule has 0 aliphatic heterocycles. The number of rotatable bonds is 11. The van der Waals surface area contributed by atoms with Crippen LogP contribution in [0.3, 0.4) is 0 Å². The summed E-state index contributed by atoms with van der Waals surface area (Å²) < 4.78 is 0. The topological polar surface area (TPSA) is 101 Å². The molecule has 6 nitrogen and oxygen atoms in total. The van der Waals surface area contributed by atoms with Crippen molar-refractivity contribution in [2.45, 2.75) is 40.8 Å². The van der Waals surface area contributed by atoms with E-state index in [0.717, 1.165) is 27.8 Å². The van der Waals surface area contributed by atoms with E-state index in [1.807, 2.05) is 63.2 Å². The van der Waals surface area contributed by atoms with E-state index in [0.29, 0.717) is 38.3 Å². The van der Waals surface area contributed by atoms with Crippen LogP contribution in [0.15, 0.2) is 59.6 Å². The Bertz CT molecular complexity index is 1120. The van der Waals surface area contributed by atoms with Gasteiger partial charge in [-0.25, -0.2) is 0 Å². The molecule has 0 bridgehead atoms. The molecule has 0 heterocycles. The normalized spacial score (nSPS) is 11.6. The van der Waals surface area contributed by atoms with Gasteiger partial charge in [0.05, 0.1) is 0 Å². The number of nitrogens with zero attached hydrogens (tertiary/aromatic N) is 3. The van der Waals surface area contributed by atoms with E-state index in [4.69, 9.17) is 10.6 Å². The molecule has 7 heteroatoms. The average Bonchev–Trinajstić information content (AvgIpc) is 2.81. The van der Waals surface area contributed by atoms with Gasteiger partial charge in [0.2, 0.25) is 0 Å². The Morgan fingerprint density at radius 2 is 1.33 bits per heavy atom. The summed E-state index contributed by atoms with van der Waals surface area (Å²) in [5, 5.41) is 40.1. The van der Waals surface area contributed by atoms with Gasteiger partial charge >= 0.3 is 17.1 Å². The number of phenolic OH excluding ortho intramolecular Hbond substituents is 3. The minimum Gasteiger partial charge on any atom is -0.658 e. The second-order valence-corrected chi connectivity index (χ2v) is 9.64. The molecule has 1 radical (unpaired) electrons. The van der Waals surface area contributed by atoms with Crippen LogP contribution in [0, 0.1) is 26.2 Å². The van der Waals surface area contributed by atoms with Gasteiger partial charge in [-0.1, -0.05) is 59.9 Å². The molecule has 3 aromatic rings. The molecule has 0 unspecified atom stereocenters. The minimum atomic E-state index is -0.366. The fourth-order valence-electron chi connectivity index (χ4n) is 3.87. The van der Waals surface area contributed by atoms with Crippen LogP contribution in [0.4, 0.5) is 0 Å².